The van der Waals surface area contributed by atoms with Crippen molar-refractivity contribution < 1.29 is 43.9 Å². The van der Waals surface area contributed by atoms with Crippen LogP contribution in [0.1, 0.15) is 21.5 Å². The summed E-state index contributed by atoms with van der Waals surface area (Å²) in [5.74, 6) is -1.39. The Morgan fingerprint density at radius 2 is 1.74 bits per heavy atom. The molecule has 34 heavy (non-hydrogen) atoms. The molecule has 0 unspecified atom stereocenters. The van der Waals surface area contributed by atoms with Crippen LogP contribution in [0.5, 0.6) is 0 Å². The van der Waals surface area contributed by atoms with Crippen molar-refractivity contribution in [1.82, 2.24) is 0 Å². The maximum absolute atomic E-state index is 12.6. The van der Waals surface area contributed by atoms with E-state index in [1.165, 1.54) is 30.3 Å². The Labute approximate surface area is 217 Å². The van der Waals surface area contributed by atoms with Gasteiger partial charge in [-0.15, -0.1) is 0 Å². The first-order chi connectivity index (χ1) is 15.8. The summed E-state index contributed by atoms with van der Waals surface area (Å²) in [4.78, 5) is 28.7. The molecule has 8 nitrogen and oxygen atoms in total. The van der Waals surface area contributed by atoms with Crippen LogP contribution in [0.4, 0.5) is 5.69 Å². The molecule has 9 heteroatoms. The molecule has 0 aliphatic heterocycles. The van der Waals surface area contributed by atoms with E-state index < -0.39 is 11.6 Å². The van der Waals surface area contributed by atoms with Crippen LogP contribution in [0.2, 0.25) is 0 Å². The van der Waals surface area contributed by atoms with E-state index in [-0.39, 0.29) is 63.1 Å². The number of carbonyl (C=O) groups excluding carboxylic acids is 1. The molecule has 0 saturated heterocycles. The molecule has 2 aromatic carbocycles. The number of anilines is 1. The largest absolute Gasteiger partial charge is 1.00 e. The summed E-state index contributed by atoms with van der Waals surface area (Å²) in [5.41, 5.74) is 0.201. The number of hydrogen-bond donors (Lipinski definition) is 0. The van der Waals surface area contributed by atoms with Gasteiger partial charge in [0.25, 0.3) is 5.70 Å². The first-order valence-corrected chi connectivity index (χ1v) is 9.50. The van der Waals surface area contributed by atoms with Crippen molar-refractivity contribution in [3.05, 3.63) is 98.3 Å². The molecule has 0 fully saturated rings. The van der Waals surface area contributed by atoms with E-state index in [1.807, 2.05) is 31.1 Å². The molecule has 0 aliphatic carbocycles. The van der Waals surface area contributed by atoms with Crippen molar-refractivity contribution in [3.63, 3.8) is 0 Å². The Bertz CT molecular complexity index is 1500. The zero-order valence-corrected chi connectivity index (χ0v) is 20.6. The summed E-state index contributed by atoms with van der Waals surface area (Å²) in [5, 5.41) is 30.9. The van der Waals surface area contributed by atoms with Crippen molar-refractivity contribution >= 4 is 34.3 Å². The Morgan fingerprint density at radius 1 is 1.09 bits per heavy atom. The third-order valence-corrected chi connectivity index (χ3v) is 4.82. The molecule has 0 amide bonds. The molecule has 0 bridgehead atoms. The topological polar surface area (TPSA) is 126 Å². The van der Waals surface area contributed by atoms with Gasteiger partial charge < -0.3 is 19.2 Å². The average molecular weight is 458 g/mol. The first-order valence-electron chi connectivity index (χ1n) is 9.50. The molecule has 0 atom stereocenters. The third kappa shape index (κ3) is 5.43. The predicted molar refractivity (Wildman–Crippen MR) is 120 cm³/mol. The van der Waals surface area contributed by atoms with Gasteiger partial charge in [-0.3, -0.25) is 0 Å². The number of carboxylic acids is 1. The van der Waals surface area contributed by atoms with Gasteiger partial charge in [0.15, 0.2) is 0 Å². The predicted octanol–water partition coefficient (Wildman–Crippen LogP) is -0.0124. The number of carbonyl (C=O) groups is 1. The van der Waals surface area contributed by atoms with E-state index in [9.17, 15) is 25.2 Å². The number of aromatic carboxylic acids is 1. The van der Waals surface area contributed by atoms with Gasteiger partial charge in [0.05, 0.1) is 35.8 Å². The van der Waals surface area contributed by atoms with Crippen LogP contribution in [0.15, 0.2) is 69.0 Å². The van der Waals surface area contributed by atoms with E-state index in [0.717, 1.165) is 5.69 Å². The minimum atomic E-state index is -1.39. The second-order valence-corrected chi connectivity index (χ2v) is 7.09. The first kappa shape index (κ1) is 26.1. The molecule has 160 valence electrons. The maximum atomic E-state index is 12.6. The monoisotopic (exact) mass is 458 g/mol. The van der Waals surface area contributed by atoms with Crippen molar-refractivity contribution in [2.45, 2.75) is 0 Å². The van der Waals surface area contributed by atoms with Gasteiger partial charge >= 0.3 is 35.2 Å². The quantitative estimate of drug-likeness (QED) is 0.173. The molecule has 0 radical (unpaired) electrons. The Kier molecular flexibility index (Phi) is 8.56. The molecule has 0 saturated carbocycles. The summed E-state index contributed by atoms with van der Waals surface area (Å²) >= 11 is 0. The van der Waals surface area contributed by atoms with Crippen LogP contribution in [-0.4, -0.2) is 20.1 Å². The van der Waals surface area contributed by atoms with Crippen LogP contribution >= 0.6 is 0 Å². The smallest absolute Gasteiger partial charge is 0.545 e. The average Bonchev–Trinajstić information content (AvgIpc) is 2.81. The van der Waals surface area contributed by atoms with Crippen molar-refractivity contribution in [1.29, 1.82) is 10.5 Å². The van der Waals surface area contributed by atoms with Gasteiger partial charge in [0, 0.05) is 36.8 Å². The molecule has 0 aliphatic rings. The van der Waals surface area contributed by atoms with Crippen LogP contribution in [0, 0.1) is 29.2 Å². The van der Waals surface area contributed by atoms with Gasteiger partial charge in [-0.2, -0.15) is 5.26 Å². The van der Waals surface area contributed by atoms with E-state index >= 15 is 0 Å². The van der Waals surface area contributed by atoms with Gasteiger partial charge in [-0.05, 0) is 35.4 Å². The second kappa shape index (κ2) is 11.1. The Balaban J connectivity index is 0.00000408. The Hall–Kier alpha value is -4.13. The summed E-state index contributed by atoms with van der Waals surface area (Å²) in [6.07, 6.45) is 1.25. The normalized spacial score (nSPS) is 11.3. The molecule has 1 heterocycles. The standard InChI is InChI=1S/C25H16N4O4.Na/c1-28-21(14-27)23(15-4-6-16(7-5-15)24(30)31)19(13-26)11-18-10-17-8-9-20(29(2)3)12-22(17)33-25(18)32;/h4-12H,2-3H3,(H,30,31);/q;+1/p-1/b19-11+,23-21+;. The van der Waals surface area contributed by atoms with E-state index in [0.29, 0.717) is 11.0 Å². The minimum absolute atomic E-state index is 0. The van der Waals surface area contributed by atoms with Crippen LogP contribution in [0.3, 0.4) is 0 Å². The van der Waals surface area contributed by atoms with Gasteiger partial charge in [-0.25, -0.2) is 14.9 Å². The van der Waals surface area contributed by atoms with Gasteiger partial charge in [0.2, 0.25) is 0 Å². The summed E-state index contributed by atoms with van der Waals surface area (Å²) in [6, 6.07) is 15.8. The fourth-order valence-corrected chi connectivity index (χ4v) is 3.14. The molecular formula is C25H15N4NaO4. The molecule has 1 aromatic heterocycles. The van der Waals surface area contributed by atoms with E-state index in [2.05, 4.69) is 4.85 Å². The van der Waals surface area contributed by atoms with E-state index in [4.69, 9.17) is 11.0 Å². The molecule has 0 N–H and O–H groups in total. The molecular weight excluding hydrogens is 443 g/mol. The van der Waals surface area contributed by atoms with Crippen LogP contribution in [-0.2, 0) is 0 Å². The third-order valence-electron chi connectivity index (χ3n) is 4.82. The second-order valence-electron chi connectivity index (χ2n) is 7.09. The number of nitriles is 2. The van der Waals surface area contributed by atoms with Crippen LogP contribution in [0.25, 0.3) is 27.5 Å². The number of nitrogens with zero attached hydrogens (tertiary/aromatic N) is 4. The molecule has 3 rings (SSSR count). The summed E-state index contributed by atoms with van der Waals surface area (Å²) in [6.45, 7) is 7.32. The molecule has 3 aromatic rings. The number of carboxylic acid groups (broad SMARTS) is 1. The number of benzene rings is 2. The van der Waals surface area contributed by atoms with Crippen molar-refractivity contribution in [2.75, 3.05) is 19.0 Å². The fourth-order valence-electron chi connectivity index (χ4n) is 3.14. The number of rotatable bonds is 5. The van der Waals surface area contributed by atoms with E-state index in [1.54, 1.807) is 24.3 Å². The summed E-state index contributed by atoms with van der Waals surface area (Å²) < 4.78 is 5.42. The van der Waals surface area contributed by atoms with Gasteiger partial charge in [-0.1, -0.05) is 24.3 Å². The number of fused-ring (bicyclic) bond motifs is 1. The number of hydrogen-bond acceptors (Lipinski definition) is 7. The maximum Gasteiger partial charge on any atom is 1.00 e. The Morgan fingerprint density at radius 3 is 2.26 bits per heavy atom. The molecule has 0 spiro atoms. The zero-order chi connectivity index (χ0) is 24.1. The van der Waals surface area contributed by atoms with Gasteiger partial charge in [0.1, 0.15) is 5.58 Å². The zero-order valence-electron chi connectivity index (χ0n) is 18.6. The summed E-state index contributed by atoms with van der Waals surface area (Å²) in [7, 11) is 3.71. The number of allylic oxidation sites excluding steroid dienone is 3. The SMILES string of the molecule is [C-]#[N+]/C(C#N)=C(/C(C#N)=C/c1cc2ccc(N(C)C)cc2oc1=O)c1ccc(C(=O)[O-])cc1.[Na+]. The minimum Gasteiger partial charge on any atom is -0.545 e. The van der Waals surface area contributed by atoms with Crippen molar-refractivity contribution in [2.24, 2.45) is 0 Å². The van der Waals surface area contributed by atoms with Crippen molar-refractivity contribution in [3.8, 4) is 12.1 Å². The van der Waals surface area contributed by atoms with Crippen LogP contribution < -0.4 is 45.2 Å². The fraction of sp³-hybridized carbons (Fsp3) is 0.0800.